The molecular weight excluding hydrogens is 445 g/mol. The van der Waals surface area contributed by atoms with Gasteiger partial charge >= 0.3 is 11.4 Å². The van der Waals surface area contributed by atoms with Gasteiger partial charge in [0, 0.05) is 22.1 Å². The van der Waals surface area contributed by atoms with Crippen molar-refractivity contribution in [3.8, 4) is 5.75 Å². The number of fused-ring (bicyclic) bond motifs is 1. The van der Waals surface area contributed by atoms with Crippen molar-refractivity contribution in [3.05, 3.63) is 71.9 Å². The van der Waals surface area contributed by atoms with E-state index in [1.54, 1.807) is 36.4 Å². The summed E-state index contributed by atoms with van der Waals surface area (Å²) >= 11 is 15.3. The highest BCUT2D eigenvalue weighted by molar-refractivity contribution is 9.10. The average Bonchev–Trinajstić information content (AvgIpc) is 2.60. The molecule has 0 amide bonds. The topological polar surface area (TPSA) is 61.4 Å². The number of hydrogen-bond donors (Lipinski definition) is 0. The zero-order valence-corrected chi connectivity index (χ0v) is 16.6. The first-order valence-electron chi connectivity index (χ1n) is 7.87. The number of aromatic nitrogens is 1. The minimum absolute atomic E-state index is 0.362. The number of halogens is 3. The largest absolute Gasteiger partial charge is 0.492 e. The number of ether oxygens (including phenoxy) is 1. The van der Waals surface area contributed by atoms with E-state index in [0.29, 0.717) is 52.7 Å². The van der Waals surface area contributed by atoms with E-state index in [1.807, 2.05) is 0 Å². The Labute approximate surface area is 167 Å². The smallest absolute Gasteiger partial charge is 0.422 e. The summed E-state index contributed by atoms with van der Waals surface area (Å²) in [5.74, 6) is -0.138. The van der Waals surface area contributed by atoms with Crippen molar-refractivity contribution in [1.29, 1.82) is 0 Å². The maximum atomic E-state index is 12.0. The molecular formula is C18H14BrCl2NO4. The highest BCUT2D eigenvalue weighted by Gasteiger charge is 2.10. The van der Waals surface area contributed by atoms with Gasteiger partial charge in [-0.1, -0.05) is 39.1 Å². The van der Waals surface area contributed by atoms with Crippen LogP contribution in [0.5, 0.6) is 5.75 Å². The molecule has 0 N–H and O–H groups in total. The molecule has 0 aliphatic heterocycles. The molecule has 3 rings (SSSR count). The second kappa shape index (κ2) is 8.29. The number of rotatable bonds is 6. The van der Waals surface area contributed by atoms with Crippen molar-refractivity contribution in [2.75, 3.05) is 6.61 Å². The summed E-state index contributed by atoms with van der Waals surface area (Å²) in [7, 11) is 0. The van der Waals surface area contributed by atoms with Gasteiger partial charge in [-0.05, 0) is 43.2 Å². The number of unbranched alkanes of at least 4 members (excludes halogenated alkanes) is 1. The predicted octanol–water partition coefficient (Wildman–Crippen LogP) is 4.88. The molecule has 0 aliphatic rings. The first kappa shape index (κ1) is 19.0. The molecule has 0 saturated heterocycles. The second-order valence-electron chi connectivity index (χ2n) is 5.60. The number of nitrogens with zero attached hydrogens (tertiary/aromatic N) is 1. The monoisotopic (exact) mass is 457 g/mol. The lowest BCUT2D eigenvalue weighted by Gasteiger charge is -2.10. The maximum Gasteiger partial charge on any atom is 0.422 e. The number of aryl methyl sites for hydroxylation is 1. The van der Waals surface area contributed by atoms with E-state index in [2.05, 4.69) is 15.9 Å². The van der Waals surface area contributed by atoms with Crippen LogP contribution in [0.25, 0.3) is 10.9 Å². The van der Waals surface area contributed by atoms with Crippen LogP contribution in [-0.4, -0.2) is 11.2 Å². The van der Waals surface area contributed by atoms with Gasteiger partial charge < -0.3 is 9.15 Å². The average molecular weight is 459 g/mol. The number of hydrogen-bond acceptors (Lipinski definition) is 4. The van der Waals surface area contributed by atoms with Crippen LogP contribution in [0, 0.1) is 0 Å². The van der Waals surface area contributed by atoms with E-state index in [-0.39, 0.29) is 0 Å². The van der Waals surface area contributed by atoms with Crippen LogP contribution >= 0.6 is 39.1 Å². The Kier molecular flexibility index (Phi) is 6.06. The van der Waals surface area contributed by atoms with E-state index < -0.39 is 11.4 Å². The van der Waals surface area contributed by atoms with Gasteiger partial charge in [-0.25, -0.2) is 9.59 Å². The molecule has 0 fully saturated rings. The van der Waals surface area contributed by atoms with Crippen molar-refractivity contribution in [1.82, 2.24) is 4.57 Å². The van der Waals surface area contributed by atoms with E-state index in [9.17, 15) is 9.59 Å². The van der Waals surface area contributed by atoms with E-state index in [4.69, 9.17) is 32.4 Å². The molecule has 3 aromatic rings. The molecule has 0 bridgehead atoms. The Morgan fingerprint density at radius 2 is 1.88 bits per heavy atom. The zero-order chi connectivity index (χ0) is 18.7. The zero-order valence-electron chi connectivity index (χ0n) is 13.5. The van der Waals surface area contributed by atoms with Crippen LogP contribution < -0.4 is 16.1 Å². The molecule has 0 saturated carbocycles. The van der Waals surface area contributed by atoms with Crippen LogP contribution in [0.4, 0.5) is 0 Å². The van der Waals surface area contributed by atoms with Crippen molar-refractivity contribution >= 4 is 50.0 Å². The Balaban J connectivity index is 1.66. The quantitative estimate of drug-likeness (QED) is 0.493. The second-order valence-corrected chi connectivity index (χ2v) is 7.36. The Morgan fingerprint density at radius 1 is 1.08 bits per heavy atom. The lowest BCUT2D eigenvalue weighted by atomic mass is 10.2. The summed E-state index contributed by atoms with van der Waals surface area (Å²) in [4.78, 5) is 23.9. The lowest BCUT2D eigenvalue weighted by Crippen LogP contribution is -2.25. The summed E-state index contributed by atoms with van der Waals surface area (Å²) in [6, 6.07) is 10.2. The fourth-order valence-electron chi connectivity index (χ4n) is 2.55. The summed E-state index contributed by atoms with van der Waals surface area (Å²) in [5, 5.41) is 1.40. The van der Waals surface area contributed by atoms with E-state index in [1.165, 1.54) is 4.57 Å². The summed E-state index contributed by atoms with van der Waals surface area (Å²) in [6.07, 6.45) is 1.35. The summed E-state index contributed by atoms with van der Waals surface area (Å²) in [6.45, 7) is 0.836. The molecule has 0 radical (unpaired) electrons. The molecule has 0 unspecified atom stereocenters. The van der Waals surface area contributed by atoms with Crippen LogP contribution in [0.15, 0.2) is 54.9 Å². The van der Waals surface area contributed by atoms with Gasteiger partial charge in [0.2, 0.25) is 0 Å². The third-order valence-corrected chi connectivity index (χ3v) is 4.84. The normalized spacial score (nSPS) is 11.0. The maximum absolute atomic E-state index is 12.0. The minimum atomic E-state index is -0.663. The molecule has 26 heavy (non-hydrogen) atoms. The Morgan fingerprint density at radius 3 is 2.69 bits per heavy atom. The molecule has 8 heteroatoms. The van der Waals surface area contributed by atoms with Crippen LogP contribution in [0.1, 0.15) is 12.8 Å². The Hall–Kier alpha value is -1.76. The van der Waals surface area contributed by atoms with Gasteiger partial charge in [0.25, 0.3) is 0 Å². The van der Waals surface area contributed by atoms with Gasteiger partial charge in [-0.3, -0.25) is 4.57 Å². The standard InChI is InChI=1S/C18H14BrCl2NO4/c19-11-3-6-15-13(9-11)17(23)26-18(24)22(15)7-1-2-8-25-16-10-12(20)4-5-14(16)21/h3-6,9-10H,1-2,7-8H2. The fraction of sp³-hybridized carbons (Fsp3) is 0.222. The van der Waals surface area contributed by atoms with Gasteiger partial charge in [-0.2, -0.15) is 0 Å². The Bertz CT molecular complexity index is 1060. The SMILES string of the molecule is O=c1oc(=O)n(CCCCOc2cc(Cl)ccc2Cl)c2ccc(Br)cc12. The van der Waals surface area contributed by atoms with Crippen LogP contribution in [-0.2, 0) is 6.54 Å². The first-order chi connectivity index (χ1) is 12.5. The third-order valence-electron chi connectivity index (χ3n) is 3.80. The molecule has 2 aromatic carbocycles. The molecule has 1 heterocycles. The van der Waals surface area contributed by atoms with Crippen molar-refractivity contribution in [3.63, 3.8) is 0 Å². The van der Waals surface area contributed by atoms with Crippen LogP contribution in [0.3, 0.4) is 0 Å². The summed E-state index contributed by atoms with van der Waals surface area (Å²) < 4.78 is 12.6. The first-order valence-corrected chi connectivity index (χ1v) is 9.41. The van der Waals surface area contributed by atoms with Gasteiger partial charge in [0.1, 0.15) is 5.75 Å². The highest BCUT2D eigenvalue weighted by Crippen LogP contribution is 2.27. The molecule has 0 aliphatic carbocycles. The summed E-state index contributed by atoms with van der Waals surface area (Å²) in [5.41, 5.74) is -0.0882. The van der Waals surface area contributed by atoms with Gasteiger partial charge in [0.05, 0.1) is 22.5 Å². The number of benzene rings is 2. The van der Waals surface area contributed by atoms with Crippen molar-refractivity contribution in [2.45, 2.75) is 19.4 Å². The predicted molar refractivity (Wildman–Crippen MR) is 106 cm³/mol. The lowest BCUT2D eigenvalue weighted by molar-refractivity contribution is 0.301. The van der Waals surface area contributed by atoms with Gasteiger partial charge in [-0.15, -0.1) is 0 Å². The van der Waals surface area contributed by atoms with E-state index in [0.717, 1.165) is 4.47 Å². The van der Waals surface area contributed by atoms with E-state index >= 15 is 0 Å². The molecule has 0 atom stereocenters. The van der Waals surface area contributed by atoms with Crippen molar-refractivity contribution < 1.29 is 9.15 Å². The highest BCUT2D eigenvalue weighted by atomic mass is 79.9. The van der Waals surface area contributed by atoms with Gasteiger partial charge in [0.15, 0.2) is 0 Å². The fourth-order valence-corrected chi connectivity index (χ4v) is 3.24. The molecule has 136 valence electrons. The minimum Gasteiger partial charge on any atom is -0.492 e. The van der Waals surface area contributed by atoms with Crippen molar-refractivity contribution in [2.24, 2.45) is 0 Å². The molecule has 0 spiro atoms. The molecule has 5 nitrogen and oxygen atoms in total. The third kappa shape index (κ3) is 4.31. The van der Waals surface area contributed by atoms with Crippen LogP contribution in [0.2, 0.25) is 10.0 Å². The molecule has 1 aromatic heterocycles.